The van der Waals surface area contributed by atoms with Gasteiger partial charge in [-0.15, -0.1) is 11.3 Å². The number of pyridine rings is 1. The van der Waals surface area contributed by atoms with Gasteiger partial charge in [0.25, 0.3) is 0 Å². The quantitative estimate of drug-likeness (QED) is 0.178. The second kappa shape index (κ2) is 12.4. The normalized spacial score (nSPS) is 11.7. The van der Waals surface area contributed by atoms with Crippen LogP contribution in [0, 0.1) is 0 Å². The van der Waals surface area contributed by atoms with E-state index in [1.165, 1.54) is 64.2 Å². The number of aromatic nitrogens is 3. The fourth-order valence-corrected chi connectivity index (χ4v) is 9.33. The van der Waals surface area contributed by atoms with Crippen LogP contribution >= 0.6 is 11.3 Å². The average molecular weight is 706 g/mol. The highest BCUT2D eigenvalue weighted by molar-refractivity contribution is 7.25. The molecule has 0 unspecified atom stereocenters. The van der Waals surface area contributed by atoms with E-state index in [1.54, 1.807) is 0 Å². The maximum Gasteiger partial charge on any atom is 0.160 e. The summed E-state index contributed by atoms with van der Waals surface area (Å²) in [6, 6.07) is 67.1. The predicted octanol–water partition coefficient (Wildman–Crippen LogP) is 13.7. The molecular weight excluding hydrogens is 675 g/mol. The summed E-state index contributed by atoms with van der Waals surface area (Å²) in [5.74, 6) is 0.719. The van der Waals surface area contributed by atoms with Crippen LogP contribution in [0.1, 0.15) is 0 Å². The minimum absolute atomic E-state index is 0.719. The van der Waals surface area contributed by atoms with Crippen molar-refractivity contribution in [3.05, 3.63) is 188 Å². The molecule has 0 aliphatic carbocycles. The van der Waals surface area contributed by atoms with Gasteiger partial charge in [0.1, 0.15) is 4.83 Å². The molecule has 0 radical (unpaired) electrons. The van der Waals surface area contributed by atoms with E-state index < -0.39 is 0 Å². The first kappa shape index (κ1) is 30.7. The molecule has 7 aromatic carbocycles. The number of rotatable bonds is 5. The molecule has 4 aromatic heterocycles. The highest BCUT2D eigenvalue weighted by Crippen LogP contribution is 2.47. The number of benzene rings is 7. The van der Waals surface area contributed by atoms with Crippen molar-refractivity contribution in [1.29, 1.82) is 0 Å². The molecule has 0 N–H and O–H groups in total. The van der Waals surface area contributed by atoms with Gasteiger partial charge in [-0.2, -0.15) is 0 Å². The first-order valence-corrected chi connectivity index (χ1v) is 19.1. The molecule has 0 fully saturated rings. The Hall–Kier alpha value is -6.88. The van der Waals surface area contributed by atoms with Gasteiger partial charge in [0.05, 0.1) is 22.4 Å². The lowest BCUT2D eigenvalue weighted by molar-refractivity contribution is 1.18. The van der Waals surface area contributed by atoms with E-state index in [4.69, 9.17) is 9.97 Å². The maximum atomic E-state index is 5.07. The van der Waals surface area contributed by atoms with Crippen LogP contribution in [0.25, 0.3) is 104 Å². The van der Waals surface area contributed by atoms with E-state index in [0.29, 0.717) is 0 Å². The third kappa shape index (κ3) is 4.88. The van der Waals surface area contributed by atoms with Crippen molar-refractivity contribution in [2.45, 2.75) is 0 Å². The monoisotopic (exact) mass is 705 g/mol. The molecule has 252 valence electrons. The molecule has 4 heteroatoms. The zero-order valence-corrected chi connectivity index (χ0v) is 30.0. The number of nitrogens with zero attached hydrogens (tertiary/aromatic N) is 3. The molecule has 0 aliphatic heterocycles. The van der Waals surface area contributed by atoms with Crippen LogP contribution in [0.3, 0.4) is 0 Å². The second-order valence-corrected chi connectivity index (χ2v) is 14.8. The van der Waals surface area contributed by atoms with E-state index in [9.17, 15) is 0 Å². The fraction of sp³-hybridized carbons (Fsp3) is 0. The number of thiophene rings is 1. The van der Waals surface area contributed by atoms with E-state index in [0.717, 1.165) is 39.5 Å². The zero-order valence-electron chi connectivity index (χ0n) is 29.1. The standard InChI is InChI=1S/C50H31N3S/c1-4-14-33(15-5-1)42-31-43(52-49(51-42)36-18-8-3-9-19-36)34-26-24-32(25-27-34)37-28-29-38-41(30-37)47-40-21-11-13-23-45(40)54-50(47)53-44-22-12-10-20-39(44)46(48(38)53)35-16-6-2-7-17-35/h1-31H. The van der Waals surface area contributed by atoms with E-state index >= 15 is 0 Å². The Morgan fingerprint density at radius 3 is 1.67 bits per heavy atom. The Morgan fingerprint density at radius 2 is 0.944 bits per heavy atom. The van der Waals surface area contributed by atoms with Crippen molar-refractivity contribution >= 4 is 58.8 Å². The van der Waals surface area contributed by atoms with Crippen LogP contribution < -0.4 is 0 Å². The summed E-state index contributed by atoms with van der Waals surface area (Å²) in [5.41, 5.74) is 12.3. The van der Waals surface area contributed by atoms with Gasteiger partial charge in [-0.3, -0.25) is 4.40 Å². The van der Waals surface area contributed by atoms with Crippen LogP contribution in [-0.2, 0) is 0 Å². The predicted molar refractivity (Wildman–Crippen MR) is 228 cm³/mol. The first-order chi connectivity index (χ1) is 26.8. The Bertz CT molecular complexity index is 3120. The van der Waals surface area contributed by atoms with Crippen LogP contribution in [0.2, 0.25) is 0 Å². The summed E-state index contributed by atoms with van der Waals surface area (Å²) in [5, 5.41) is 6.39. The highest BCUT2D eigenvalue weighted by atomic mass is 32.1. The molecule has 11 rings (SSSR count). The van der Waals surface area contributed by atoms with Crippen molar-refractivity contribution < 1.29 is 0 Å². The molecule has 0 amide bonds. The van der Waals surface area contributed by atoms with E-state index in [2.05, 4.69) is 168 Å². The largest absolute Gasteiger partial charge is 0.299 e. The van der Waals surface area contributed by atoms with Crippen LogP contribution in [0.4, 0.5) is 0 Å². The molecule has 0 saturated heterocycles. The summed E-state index contributed by atoms with van der Waals surface area (Å²) >= 11 is 1.88. The Kier molecular flexibility index (Phi) is 7.04. The lowest BCUT2D eigenvalue weighted by atomic mass is 9.95. The summed E-state index contributed by atoms with van der Waals surface area (Å²) in [6.45, 7) is 0. The third-order valence-corrected chi connectivity index (χ3v) is 11.8. The Morgan fingerprint density at radius 1 is 0.389 bits per heavy atom. The van der Waals surface area contributed by atoms with Gasteiger partial charge in [0.2, 0.25) is 0 Å². The average Bonchev–Trinajstić information content (AvgIpc) is 3.81. The Balaban J connectivity index is 1.11. The van der Waals surface area contributed by atoms with Gasteiger partial charge in [0, 0.05) is 48.5 Å². The lowest BCUT2D eigenvalue weighted by Crippen LogP contribution is -1.95. The number of hydrogen-bond acceptors (Lipinski definition) is 3. The number of fused-ring (bicyclic) bond motifs is 10. The topological polar surface area (TPSA) is 30.2 Å². The molecule has 0 aliphatic rings. The summed E-state index contributed by atoms with van der Waals surface area (Å²) < 4.78 is 3.81. The van der Waals surface area contributed by atoms with Gasteiger partial charge >= 0.3 is 0 Å². The smallest absolute Gasteiger partial charge is 0.160 e. The van der Waals surface area contributed by atoms with Gasteiger partial charge in [-0.25, -0.2) is 9.97 Å². The summed E-state index contributed by atoms with van der Waals surface area (Å²) in [4.78, 5) is 11.3. The molecule has 0 saturated carbocycles. The number of hydrogen-bond donors (Lipinski definition) is 0. The summed E-state index contributed by atoms with van der Waals surface area (Å²) in [6.07, 6.45) is 0. The minimum atomic E-state index is 0.719. The van der Waals surface area contributed by atoms with Crippen molar-refractivity contribution in [2.24, 2.45) is 0 Å². The SMILES string of the molecule is c1ccc(-c2cc(-c3ccc(-c4ccc5c(c4)c4c6ccccc6sc4n4c6ccccc6c(-c6ccccc6)c54)cc3)nc(-c3ccccc3)n2)cc1. The molecule has 3 nitrogen and oxygen atoms in total. The maximum absolute atomic E-state index is 5.07. The molecule has 0 bridgehead atoms. The molecule has 11 aromatic rings. The molecular formula is C50H31N3S. The third-order valence-electron chi connectivity index (χ3n) is 10.6. The molecule has 0 spiro atoms. The van der Waals surface area contributed by atoms with Crippen molar-refractivity contribution in [1.82, 2.24) is 14.4 Å². The van der Waals surface area contributed by atoms with Crippen LogP contribution in [0.15, 0.2) is 188 Å². The Labute approximate surface area is 316 Å². The van der Waals surface area contributed by atoms with Gasteiger partial charge in [-0.1, -0.05) is 164 Å². The lowest BCUT2D eigenvalue weighted by Gasteiger charge is -2.12. The molecule has 54 heavy (non-hydrogen) atoms. The van der Waals surface area contributed by atoms with Crippen molar-refractivity contribution in [3.8, 4) is 56.2 Å². The fourth-order valence-electron chi connectivity index (χ4n) is 8.09. The highest BCUT2D eigenvalue weighted by Gasteiger charge is 2.22. The number of para-hydroxylation sites is 1. The molecule has 4 heterocycles. The van der Waals surface area contributed by atoms with E-state index in [1.807, 2.05) is 35.6 Å². The van der Waals surface area contributed by atoms with E-state index in [-0.39, 0.29) is 0 Å². The van der Waals surface area contributed by atoms with Gasteiger partial charge < -0.3 is 0 Å². The van der Waals surface area contributed by atoms with Crippen LogP contribution in [0.5, 0.6) is 0 Å². The van der Waals surface area contributed by atoms with Gasteiger partial charge in [-0.05, 0) is 46.3 Å². The molecule has 0 atom stereocenters. The zero-order chi connectivity index (χ0) is 35.6. The van der Waals surface area contributed by atoms with Crippen molar-refractivity contribution in [3.63, 3.8) is 0 Å². The minimum Gasteiger partial charge on any atom is -0.299 e. The van der Waals surface area contributed by atoms with Crippen LogP contribution in [-0.4, -0.2) is 14.4 Å². The van der Waals surface area contributed by atoms with Crippen molar-refractivity contribution in [2.75, 3.05) is 0 Å². The second-order valence-electron chi connectivity index (χ2n) is 13.8. The first-order valence-electron chi connectivity index (χ1n) is 18.2. The summed E-state index contributed by atoms with van der Waals surface area (Å²) in [7, 11) is 0. The van der Waals surface area contributed by atoms with Gasteiger partial charge in [0.15, 0.2) is 5.82 Å².